The fraction of sp³-hybridized carbons (Fsp3) is 0.778. The maximum absolute atomic E-state index is 10.9. The van der Waals surface area contributed by atoms with Crippen LogP contribution in [0.1, 0.15) is 12.8 Å². The Morgan fingerprint density at radius 2 is 2.15 bits per heavy atom. The van der Waals surface area contributed by atoms with Crippen molar-refractivity contribution in [2.45, 2.75) is 12.8 Å². The summed E-state index contributed by atoms with van der Waals surface area (Å²) in [7, 11) is -3.00. The number of sulfonamides is 1. The van der Waals surface area contributed by atoms with E-state index in [0.29, 0.717) is 18.4 Å². The van der Waals surface area contributed by atoms with E-state index in [4.69, 9.17) is 0 Å². The molecular weight excluding hydrogens is 186 g/mol. The zero-order valence-corrected chi connectivity index (χ0v) is 8.55. The Kier molecular flexibility index (Phi) is 2.20. The van der Waals surface area contributed by atoms with Gasteiger partial charge in [0.1, 0.15) is 0 Å². The molecule has 74 valence electrons. The molecule has 13 heavy (non-hydrogen) atoms. The third-order valence-corrected chi connectivity index (χ3v) is 3.72. The molecule has 0 saturated heterocycles. The molecule has 0 amide bonds. The van der Waals surface area contributed by atoms with Crippen molar-refractivity contribution < 1.29 is 8.42 Å². The summed E-state index contributed by atoms with van der Waals surface area (Å²) < 4.78 is 24.3. The molecule has 1 N–H and O–H groups in total. The van der Waals surface area contributed by atoms with Crippen molar-refractivity contribution in [1.82, 2.24) is 4.72 Å². The third-order valence-electron chi connectivity index (χ3n) is 3.02. The average Bonchev–Trinajstić information content (AvgIpc) is 2.58. The molecule has 0 radical (unpaired) electrons. The van der Waals surface area contributed by atoms with Crippen LogP contribution < -0.4 is 4.72 Å². The number of hydrogen-bond donors (Lipinski definition) is 1. The number of nitrogens with one attached hydrogen (secondary N) is 1. The van der Waals surface area contributed by atoms with Crippen molar-refractivity contribution >= 4 is 10.0 Å². The van der Waals surface area contributed by atoms with Crippen molar-refractivity contribution in [3.8, 4) is 0 Å². The molecule has 2 bridgehead atoms. The summed E-state index contributed by atoms with van der Waals surface area (Å²) in [5.41, 5.74) is 0. The van der Waals surface area contributed by atoms with Gasteiger partial charge in [-0.05, 0) is 30.6 Å². The summed E-state index contributed by atoms with van der Waals surface area (Å²) in [6, 6.07) is 0. The van der Waals surface area contributed by atoms with Crippen LogP contribution in [-0.4, -0.2) is 21.2 Å². The van der Waals surface area contributed by atoms with Crippen LogP contribution in [-0.2, 0) is 10.0 Å². The summed E-state index contributed by atoms with van der Waals surface area (Å²) in [4.78, 5) is 0. The minimum Gasteiger partial charge on any atom is -0.215 e. The van der Waals surface area contributed by atoms with E-state index in [1.807, 2.05) is 0 Å². The Bertz CT molecular complexity index is 321. The van der Waals surface area contributed by atoms with Crippen LogP contribution in [0.4, 0.5) is 0 Å². The van der Waals surface area contributed by atoms with E-state index in [2.05, 4.69) is 16.9 Å². The molecule has 1 saturated carbocycles. The number of rotatable bonds is 3. The predicted octanol–water partition coefficient (Wildman–Crippen LogP) is 0.748. The molecule has 3 atom stereocenters. The van der Waals surface area contributed by atoms with Crippen molar-refractivity contribution in [2.24, 2.45) is 17.8 Å². The first-order chi connectivity index (χ1) is 6.04. The highest BCUT2D eigenvalue weighted by Crippen LogP contribution is 2.42. The Morgan fingerprint density at radius 1 is 1.38 bits per heavy atom. The Labute approximate surface area is 79.3 Å². The lowest BCUT2D eigenvalue weighted by Gasteiger charge is -2.17. The Balaban J connectivity index is 1.88. The van der Waals surface area contributed by atoms with Crippen molar-refractivity contribution in [3.63, 3.8) is 0 Å². The fourth-order valence-corrected chi connectivity index (χ4v) is 2.90. The summed E-state index contributed by atoms with van der Waals surface area (Å²) >= 11 is 0. The topological polar surface area (TPSA) is 46.2 Å². The number of fused-ring (bicyclic) bond motifs is 2. The average molecular weight is 201 g/mol. The van der Waals surface area contributed by atoms with Crippen LogP contribution in [0.5, 0.6) is 0 Å². The van der Waals surface area contributed by atoms with Crippen LogP contribution in [0.2, 0.25) is 0 Å². The molecule has 0 aromatic carbocycles. The van der Waals surface area contributed by atoms with E-state index >= 15 is 0 Å². The molecule has 3 nitrogen and oxygen atoms in total. The summed E-state index contributed by atoms with van der Waals surface area (Å²) in [5.74, 6) is 1.88. The van der Waals surface area contributed by atoms with Gasteiger partial charge in [-0.25, -0.2) is 13.1 Å². The lowest BCUT2D eigenvalue weighted by atomic mass is 9.94. The first-order valence-electron chi connectivity index (χ1n) is 4.67. The maximum Gasteiger partial charge on any atom is 0.208 e. The second-order valence-corrected chi connectivity index (χ2v) is 5.99. The van der Waals surface area contributed by atoms with Crippen LogP contribution >= 0.6 is 0 Å². The maximum atomic E-state index is 10.9. The molecule has 2 aliphatic carbocycles. The minimum atomic E-state index is -3.00. The number of allylic oxidation sites excluding steroid dienone is 2. The van der Waals surface area contributed by atoms with Crippen molar-refractivity contribution in [3.05, 3.63) is 12.2 Å². The van der Waals surface area contributed by atoms with Gasteiger partial charge in [-0.15, -0.1) is 0 Å². The van der Waals surface area contributed by atoms with Gasteiger partial charge < -0.3 is 0 Å². The highest BCUT2D eigenvalue weighted by molar-refractivity contribution is 7.88. The van der Waals surface area contributed by atoms with Gasteiger partial charge in [-0.3, -0.25) is 0 Å². The van der Waals surface area contributed by atoms with Gasteiger partial charge in [-0.1, -0.05) is 12.2 Å². The SMILES string of the molecule is CS(=O)(=O)NC[C@H]1C[C@H]2C=C[C@H]1C2. The number of hydrogen-bond acceptors (Lipinski definition) is 2. The summed E-state index contributed by atoms with van der Waals surface area (Å²) in [5, 5.41) is 0. The fourth-order valence-electron chi connectivity index (χ4n) is 2.39. The summed E-state index contributed by atoms with van der Waals surface area (Å²) in [6.45, 7) is 0.615. The molecule has 0 aromatic heterocycles. The highest BCUT2D eigenvalue weighted by atomic mass is 32.2. The molecule has 1 fully saturated rings. The van der Waals surface area contributed by atoms with Crippen LogP contribution in [0, 0.1) is 17.8 Å². The molecule has 0 aliphatic heterocycles. The first-order valence-corrected chi connectivity index (χ1v) is 6.57. The highest BCUT2D eigenvalue weighted by Gasteiger charge is 2.35. The van der Waals surface area contributed by atoms with E-state index in [9.17, 15) is 8.42 Å². The van der Waals surface area contributed by atoms with Crippen LogP contribution in [0.15, 0.2) is 12.2 Å². The zero-order valence-electron chi connectivity index (χ0n) is 7.73. The predicted molar refractivity (Wildman–Crippen MR) is 51.7 cm³/mol. The first kappa shape index (κ1) is 9.21. The Hall–Kier alpha value is -0.350. The van der Waals surface area contributed by atoms with Gasteiger partial charge in [-0.2, -0.15) is 0 Å². The molecule has 2 rings (SSSR count). The second-order valence-electron chi connectivity index (χ2n) is 4.16. The second kappa shape index (κ2) is 3.10. The van der Waals surface area contributed by atoms with E-state index in [1.165, 1.54) is 12.7 Å². The standard InChI is InChI=1S/C9H15NO2S/c1-13(11,12)10-6-9-5-7-2-3-8(9)4-7/h2-3,7-10H,4-6H2,1H3/t7-,8-,9+/m0/s1. The van der Waals surface area contributed by atoms with Crippen molar-refractivity contribution in [1.29, 1.82) is 0 Å². The molecule has 4 heteroatoms. The molecule has 0 unspecified atom stereocenters. The lowest BCUT2D eigenvalue weighted by molar-refractivity contribution is 0.441. The van der Waals surface area contributed by atoms with Gasteiger partial charge in [0.25, 0.3) is 0 Å². The van der Waals surface area contributed by atoms with Crippen LogP contribution in [0.3, 0.4) is 0 Å². The van der Waals surface area contributed by atoms with Gasteiger partial charge in [0.05, 0.1) is 6.26 Å². The van der Waals surface area contributed by atoms with Crippen LogP contribution in [0.25, 0.3) is 0 Å². The van der Waals surface area contributed by atoms with E-state index in [1.54, 1.807) is 0 Å². The van der Waals surface area contributed by atoms with Gasteiger partial charge in [0.15, 0.2) is 0 Å². The van der Waals surface area contributed by atoms with Gasteiger partial charge in [0.2, 0.25) is 10.0 Å². The van der Waals surface area contributed by atoms with Gasteiger partial charge >= 0.3 is 0 Å². The largest absolute Gasteiger partial charge is 0.215 e. The molecule has 2 aliphatic rings. The molecule has 0 spiro atoms. The summed E-state index contributed by atoms with van der Waals surface area (Å²) in [6.07, 6.45) is 8.11. The van der Waals surface area contributed by atoms with E-state index in [0.717, 1.165) is 12.3 Å². The molecular formula is C9H15NO2S. The third kappa shape index (κ3) is 2.11. The zero-order chi connectivity index (χ0) is 9.47. The van der Waals surface area contributed by atoms with E-state index < -0.39 is 10.0 Å². The van der Waals surface area contributed by atoms with Gasteiger partial charge in [0, 0.05) is 6.54 Å². The smallest absolute Gasteiger partial charge is 0.208 e. The Morgan fingerprint density at radius 3 is 2.62 bits per heavy atom. The monoisotopic (exact) mass is 201 g/mol. The molecule has 0 heterocycles. The minimum absolute atomic E-state index is 0.532. The lowest BCUT2D eigenvalue weighted by Crippen LogP contribution is -2.29. The van der Waals surface area contributed by atoms with E-state index in [-0.39, 0.29) is 0 Å². The molecule has 0 aromatic rings. The van der Waals surface area contributed by atoms with Crippen molar-refractivity contribution in [2.75, 3.05) is 12.8 Å². The quantitative estimate of drug-likeness (QED) is 0.685. The normalized spacial score (nSPS) is 37.2.